The van der Waals surface area contributed by atoms with Crippen molar-refractivity contribution in [3.63, 3.8) is 0 Å². The molecule has 0 amide bonds. The molecule has 0 aliphatic carbocycles. The molecule has 0 saturated heterocycles. The maximum Gasteiger partial charge on any atom is 0.121 e. The second-order valence-corrected chi connectivity index (χ2v) is 31.7. The maximum absolute atomic E-state index is 6.73. The summed E-state index contributed by atoms with van der Waals surface area (Å²) in [6.45, 7) is 13.7. The smallest absolute Gasteiger partial charge is 0.121 e. The van der Waals surface area contributed by atoms with E-state index in [1.165, 1.54) is 54.6 Å². The van der Waals surface area contributed by atoms with E-state index in [0.717, 1.165) is 67.6 Å². The Hall–Kier alpha value is -6.63. The number of hydrogen-bond acceptors (Lipinski definition) is 3. The monoisotopic (exact) mass is 1190 g/mol. The van der Waals surface area contributed by atoms with E-state index in [4.69, 9.17) is 14.4 Å². The number of benzene rings is 8. The molecule has 4 nitrogen and oxygen atoms in total. The summed E-state index contributed by atoms with van der Waals surface area (Å²) < 4.78 is 10.6. The van der Waals surface area contributed by atoms with Crippen LogP contribution in [0.1, 0.15) is 70.1 Å². The summed E-state index contributed by atoms with van der Waals surface area (Å²) in [4.78, 5) is 10.1. The van der Waals surface area contributed by atoms with Gasteiger partial charge in [0.25, 0.3) is 0 Å². The molecule has 0 saturated carbocycles. The zero-order chi connectivity index (χ0) is 50.1. The van der Waals surface area contributed by atoms with Crippen molar-refractivity contribution in [2.45, 2.75) is 77.1 Å². The van der Waals surface area contributed by atoms with Crippen LogP contribution in [0.15, 0.2) is 193 Å². The average molecular weight is 1190 g/mol. The molecule has 0 atom stereocenters. The van der Waals surface area contributed by atoms with Crippen LogP contribution in [0.3, 0.4) is 0 Å². The van der Waals surface area contributed by atoms with Gasteiger partial charge >= 0.3 is 161 Å². The number of rotatable bonds is 11. The van der Waals surface area contributed by atoms with Crippen molar-refractivity contribution >= 4 is 50.6 Å². The molecule has 6 heteroatoms. The quantitative estimate of drug-likeness (QED) is 0.0957. The van der Waals surface area contributed by atoms with Crippen LogP contribution in [0.25, 0.3) is 94.7 Å². The fourth-order valence-electron chi connectivity index (χ4n) is 10.1. The van der Waals surface area contributed by atoms with Crippen molar-refractivity contribution in [2.75, 3.05) is 0 Å². The number of nitrogens with zero attached hydrogens (tertiary/aromatic N) is 3. The molecule has 3 heterocycles. The van der Waals surface area contributed by atoms with Gasteiger partial charge in [-0.15, -0.1) is 18.2 Å². The molecule has 0 aliphatic heterocycles. The number of fused-ring (bicyclic) bond motifs is 4. The van der Waals surface area contributed by atoms with Crippen molar-refractivity contribution in [1.29, 1.82) is 0 Å². The van der Waals surface area contributed by atoms with Gasteiger partial charge in [-0.05, 0) is 75.5 Å². The number of para-hydroxylation sites is 2. The number of pyridine rings is 1. The minimum atomic E-state index is -1.93. The van der Waals surface area contributed by atoms with Gasteiger partial charge in [0.1, 0.15) is 5.58 Å². The number of aromatic nitrogens is 3. The molecule has 3 aromatic heterocycles. The molecule has 0 aliphatic rings. The van der Waals surface area contributed by atoms with E-state index < -0.39 is 13.3 Å². The molecule has 11 aromatic rings. The van der Waals surface area contributed by atoms with Crippen LogP contribution in [0.5, 0.6) is 0 Å². The van der Waals surface area contributed by atoms with Gasteiger partial charge < -0.3 is 8.98 Å². The molecule has 11 rings (SSSR count). The first-order valence-corrected chi connectivity index (χ1v) is 32.9. The fourth-order valence-corrected chi connectivity index (χ4v) is 13.4. The predicted octanol–water partition coefficient (Wildman–Crippen LogP) is 17.9. The Morgan fingerprint density at radius 2 is 1.14 bits per heavy atom. The van der Waals surface area contributed by atoms with Crippen LogP contribution < -0.4 is 4.40 Å². The third kappa shape index (κ3) is 10.7. The first kappa shape index (κ1) is 51.3. The standard InChI is InChI=1S/C43H35N2O.C24H28GeN.Ir/c1-27(2)36-24-32(30-16-9-6-10-17-30)25-37(28(3)4)41(36)45-39-21-12-11-20-38(39)44-43(45)35-19-13-18-34-33-23-22-31(26-40(33)46-42(34)35)29-14-7-5-8-15-29;1-18(2)14-22-16-24(26-17-23(22)25(3,4)5)21-13-9-12-20(15-21)19-10-7-6-8-11-19;/h5-18,20-28H,1-4H3;6-12,15-18H,14H2,1-5H3;/q2*-1;. The topological polar surface area (TPSA) is 43.9 Å². The molecule has 367 valence electrons. The normalized spacial score (nSPS) is 11.7. The fraction of sp³-hybridized carbons (Fsp3) is 0.194. The molecule has 0 spiro atoms. The molecular formula is C67H63GeIrN3O-2. The molecule has 73 heavy (non-hydrogen) atoms. The van der Waals surface area contributed by atoms with E-state index in [1.54, 1.807) is 0 Å². The van der Waals surface area contributed by atoms with E-state index in [-0.39, 0.29) is 31.9 Å². The summed E-state index contributed by atoms with van der Waals surface area (Å²) in [6, 6.07) is 71.0. The zero-order valence-corrected chi connectivity index (χ0v) is 47.9. The van der Waals surface area contributed by atoms with Gasteiger partial charge in [0, 0.05) is 31.2 Å². The SMILES string of the molecule is CC(C)Cc1cc(-c2[c-]ccc(-c3ccccc3)c2)nc[c]1[Ge]([CH3])([CH3])[CH3].CC(C)c1cc(-c2ccccc2)cc(C(C)C)c1-n1c(-c2[c-]ccc3c2oc2cc(-c4ccccc4)ccc23)nc2ccccc21.[Ir]. The minimum absolute atomic E-state index is 0. The molecule has 0 bridgehead atoms. The average Bonchev–Trinajstić information content (AvgIpc) is 3.97. The Morgan fingerprint density at radius 3 is 1.74 bits per heavy atom. The second kappa shape index (κ2) is 21.8. The van der Waals surface area contributed by atoms with Crippen molar-refractivity contribution in [3.8, 4) is 61.7 Å². The van der Waals surface area contributed by atoms with Crippen LogP contribution >= 0.6 is 0 Å². The van der Waals surface area contributed by atoms with E-state index >= 15 is 0 Å². The van der Waals surface area contributed by atoms with Gasteiger partial charge in [-0.3, -0.25) is 4.98 Å². The summed E-state index contributed by atoms with van der Waals surface area (Å²) in [6.07, 6.45) is 3.27. The van der Waals surface area contributed by atoms with E-state index in [2.05, 4.69) is 245 Å². The van der Waals surface area contributed by atoms with Crippen molar-refractivity contribution in [3.05, 3.63) is 217 Å². The summed E-state index contributed by atoms with van der Waals surface area (Å²) >= 11 is -1.93. The summed E-state index contributed by atoms with van der Waals surface area (Å²) in [5.41, 5.74) is 19.1. The van der Waals surface area contributed by atoms with Crippen LogP contribution in [0.2, 0.25) is 17.3 Å². The number of furan rings is 1. The number of hydrogen-bond donors (Lipinski definition) is 0. The van der Waals surface area contributed by atoms with Gasteiger partial charge in [0.05, 0.1) is 22.4 Å². The minimum Gasteiger partial charge on any atom is -0.501 e. The summed E-state index contributed by atoms with van der Waals surface area (Å²) in [5, 5.41) is 2.15. The van der Waals surface area contributed by atoms with E-state index in [1.807, 2.05) is 18.2 Å². The van der Waals surface area contributed by atoms with Crippen LogP contribution in [-0.2, 0) is 26.5 Å². The first-order valence-electron chi connectivity index (χ1n) is 25.5. The van der Waals surface area contributed by atoms with Crippen molar-refractivity contribution in [1.82, 2.24) is 14.5 Å². The largest absolute Gasteiger partial charge is 0.501 e. The van der Waals surface area contributed by atoms with Gasteiger partial charge in [0.2, 0.25) is 0 Å². The third-order valence-corrected chi connectivity index (χ3v) is 18.0. The summed E-state index contributed by atoms with van der Waals surface area (Å²) in [5.74, 6) is 9.40. The Morgan fingerprint density at radius 1 is 0.562 bits per heavy atom. The Bertz CT molecular complexity index is 3650. The third-order valence-electron chi connectivity index (χ3n) is 13.7. The Balaban J connectivity index is 0.000000207. The van der Waals surface area contributed by atoms with Crippen molar-refractivity contribution in [2.24, 2.45) is 5.92 Å². The Labute approximate surface area is 448 Å². The molecule has 8 aromatic carbocycles. The van der Waals surface area contributed by atoms with E-state index in [0.29, 0.717) is 5.92 Å². The van der Waals surface area contributed by atoms with Gasteiger partial charge in [-0.25, -0.2) is 0 Å². The van der Waals surface area contributed by atoms with Crippen LogP contribution in [0.4, 0.5) is 0 Å². The molecule has 0 N–H and O–H groups in total. The van der Waals surface area contributed by atoms with Crippen molar-refractivity contribution < 1.29 is 24.5 Å². The van der Waals surface area contributed by atoms with Gasteiger partial charge in [-0.1, -0.05) is 124 Å². The van der Waals surface area contributed by atoms with Crippen LogP contribution in [-0.4, -0.2) is 27.8 Å². The van der Waals surface area contributed by atoms with Crippen LogP contribution in [0, 0.1) is 18.1 Å². The van der Waals surface area contributed by atoms with Gasteiger partial charge in [0.15, 0.2) is 0 Å². The Kier molecular flexibility index (Phi) is 15.3. The maximum atomic E-state index is 6.73. The molecule has 0 fully saturated rings. The predicted molar refractivity (Wildman–Crippen MR) is 307 cm³/mol. The number of imidazole rings is 1. The molecule has 1 radical (unpaired) electrons. The molecule has 0 unspecified atom stereocenters. The second-order valence-electron chi connectivity index (χ2n) is 21.1. The van der Waals surface area contributed by atoms with E-state index in [9.17, 15) is 0 Å². The molecular weight excluding hydrogens is 1130 g/mol. The zero-order valence-electron chi connectivity index (χ0n) is 43.4. The summed E-state index contributed by atoms with van der Waals surface area (Å²) in [7, 11) is 0. The van der Waals surface area contributed by atoms with Gasteiger partial charge in [-0.2, -0.15) is 0 Å². The first-order chi connectivity index (χ1) is 34.8.